The summed E-state index contributed by atoms with van der Waals surface area (Å²) in [5, 5.41) is 0.315. The summed E-state index contributed by atoms with van der Waals surface area (Å²) < 4.78 is 27.4. The molecule has 0 aliphatic heterocycles. The Kier molecular flexibility index (Phi) is 7.39. The molecule has 1 aromatic heterocycles. The summed E-state index contributed by atoms with van der Waals surface area (Å²) in [6.07, 6.45) is 4.17. The molecule has 184 valence electrons. The zero-order valence-electron chi connectivity index (χ0n) is 20.4. The minimum absolute atomic E-state index is 0.0817. The Labute approximate surface area is 208 Å². The van der Waals surface area contributed by atoms with Crippen molar-refractivity contribution in [2.24, 2.45) is 0 Å². The van der Waals surface area contributed by atoms with Crippen molar-refractivity contribution in [2.75, 3.05) is 14.2 Å². The average molecular weight is 487 g/mol. The van der Waals surface area contributed by atoms with Gasteiger partial charge in [-0.2, -0.15) is 0 Å². The predicted octanol–water partition coefficient (Wildman–Crippen LogP) is 6.34. The monoisotopic (exact) mass is 486 g/mol. The predicted molar refractivity (Wildman–Crippen MR) is 137 cm³/mol. The smallest absolute Gasteiger partial charge is 0.336 e. The van der Waals surface area contributed by atoms with Gasteiger partial charge in [0, 0.05) is 12.1 Å². The van der Waals surface area contributed by atoms with E-state index in [1.807, 2.05) is 24.3 Å². The highest BCUT2D eigenvalue weighted by atomic mass is 16.5. The van der Waals surface area contributed by atoms with E-state index in [4.69, 9.17) is 23.4 Å². The Balaban J connectivity index is 1.50. The van der Waals surface area contributed by atoms with Crippen LogP contribution in [0.4, 0.5) is 0 Å². The zero-order chi connectivity index (χ0) is 25.7. The first kappa shape index (κ1) is 24.6. The van der Waals surface area contributed by atoms with Crippen LogP contribution in [0.2, 0.25) is 0 Å². The van der Waals surface area contributed by atoms with E-state index in [9.17, 15) is 9.59 Å². The third kappa shape index (κ3) is 5.41. The lowest BCUT2D eigenvalue weighted by Crippen LogP contribution is -2.07. The van der Waals surface area contributed by atoms with Crippen molar-refractivity contribution < 1.29 is 28.2 Å². The maximum absolute atomic E-state index is 13.0. The number of benzene rings is 3. The largest absolute Gasteiger partial charge is 0.493 e. The Morgan fingerprint density at radius 3 is 2.42 bits per heavy atom. The Morgan fingerprint density at radius 1 is 0.889 bits per heavy atom. The lowest BCUT2D eigenvalue weighted by molar-refractivity contribution is -0.128. The minimum atomic E-state index is -0.586. The van der Waals surface area contributed by atoms with Crippen LogP contribution in [0.1, 0.15) is 30.9 Å². The van der Waals surface area contributed by atoms with E-state index >= 15 is 0 Å². The van der Waals surface area contributed by atoms with Gasteiger partial charge in [0.1, 0.15) is 23.3 Å². The molecule has 0 aliphatic carbocycles. The lowest BCUT2D eigenvalue weighted by atomic mass is 10.0. The molecule has 3 aromatic carbocycles. The fourth-order valence-electron chi connectivity index (χ4n) is 3.66. The molecule has 36 heavy (non-hydrogen) atoms. The first-order chi connectivity index (χ1) is 17.4. The van der Waals surface area contributed by atoms with E-state index in [1.54, 1.807) is 37.5 Å². The molecule has 0 unspecified atom stereocenters. The van der Waals surface area contributed by atoms with Crippen molar-refractivity contribution >= 4 is 23.0 Å². The van der Waals surface area contributed by atoms with Crippen molar-refractivity contribution in [1.82, 2.24) is 0 Å². The summed E-state index contributed by atoms with van der Waals surface area (Å²) in [6.45, 7) is 4.11. The highest BCUT2D eigenvalue weighted by molar-refractivity contribution is 5.89. The lowest BCUT2D eigenvalue weighted by Gasteiger charge is -2.13. The summed E-state index contributed by atoms with van der Waals surface area (Å²) in [5.74, 6) is 1.71. The van der Waals surface area contributed by atoms with Crippen LogP contribution >= 0.6 is 0 Å². The molecule has 0 spiro atoms. The molecule has 7 heteroatoms. The summed E-state index contributed by atoms with van der Waals surface area (Å²) >= 11 is 0. The Hall–Kier alpha value is -4.52. The number of fused-ring (bicyclic) bond motifs is 1. The molecular weight excluding hydrogens is 460 g/mol. The van der Waals surface area contributed by atoms with Crippen molar-refractivity contribution in [3.63, 3.8) is 0 Å². The maximum atomic E-state index is 13.0. The van der Waals surface area contributed by atoms with Gasteiger partial charge in [0.15, 0.2) is 11.5 Å². The van der Waals surface area contributed by atoms with Gasteiger partial charge in [-0.05, 0) is 53.5 Å². The molecule has 0 N–H and O–H groups in total. The number of ether oxygens (including phenoxy) is 4. The second-order valence-electron chi connectivity index (χ2n) is 8.25. The van der Waals surface area contributed by atoms with Crippen molar-refractivity contribution in [1.29, 1.82) is 0 Å². The van der Waals surface area contributed by atoms with Crippen LogP contribution < -0.4 is 24.4 Å². The van der Waals surface area contributed by atoms with Crippen LogP contribution in [0.15, 0.2) is 82.2 Å². The molecule has 0 radical (unpaired) electrons. The van der Waals surface area contributed by atoms with E-state index in [2.05, 4.69) is 13.8 Å². The van der Waals surface area contributed by atoms with Crippen LogP contribution in [0.5, 0.6) is 28.7 Å². The first-order valence-corrected chi connectivity index (χ1v) is 11.3. The van der Waals surface area contributed by atoms with Crippen LogP contribution in [0.3, 0.4) is 0 Å². The Bertz CT molecular complexity index is 1480. The van der Waals surface area contributed by atoms with Gasteiger partial charge in [0.05, 0.1) is 19.6 Å². The molecule has 0 bridgehead atoms. The van der Waals surface area contributed by atoms with E-state index in [0.29, 0.717) is 22.6 Å². The average Bonchev–Trinajstić information content (AvgIpc) is 2.89. The minimum Gasteiger partial charge on any atom is -0.493 e. The fourth-order valence-corrected chi connectivity index (χ4v) is 3.66. The van der Waals surface area contributed by atoms with Crippen LogP contribution in [-0.4, -0.2) is 20.2 Å². The molecule has 0 aliphatic rings. The van der Waals surface area contributed by atoms with E-state index in [0.717, 1.165) is 11.1 Å². The quantitative estimate of drug-likeness (QED) is 0.163. The molecule has 0 fully saturated rings. The van der Waals surface area contributed by atoms with Gasteiger partial charge < -0.3 is 23.4 Å². The zero-order valence-corrected chi connectivity index (χ0v) is 20.4. The van der Waals surface area contributed by atoms with Crippen molar-refractivity contribution in [3.8, 4) is 28.7 Å². The van der Waals surface area contributed by atoms with E-state index < -0.39 is 5.97 Å². The van der Waals surface area contributed by atoms with Gasteiger partial charge in [-0.15, -0.1) is 0 Å². The maximum Gasteiger partial charge on any atom is 0.336 e. The summed E-state index contributed by atoms with van der Waals surface area (Å²) in [4.78, 5) is 25.3. The third-order valence-electron chi connectivity index (χ3n) is 5.51. The normalized spacial score (nSPS) is 11.1. The number of methoxy groups -OCH3 is 2. The van der Waals surface area contributed by atoms with Gasteiger partial charge in [-0.25, -0.2) is 4.79 Å². The molecule has 1 heterocycles. The number of carbonyl (C=O) groups excluding carboxylic acids is 1. The fraction of sp³-hybridized carbons (Fsp3) is 0.172. The molecule has 0 saturated heterocycles. The second kappa shape index (κ2) is 10.8. The summed E-state index contributed by atoms with van der Waals surface area (Å²) in [7, 11) is 3.09. The molecule has 4 rings (SSSR count). The van der Waals surface area contributed by atoms with Gasteiger partial charge in [0.25, 0.3) is 0 Å². The molecule has 4 aromatic rings. The van der Waals surface area contributed by atoms with Crippen molar-refractivity contribution in [2.45, 2.75) is 19.8 Å². The van der Waals surface area contributed by atoms with Crippen LogP contribution in [0.25, 0.3) is 17.0 Å². The van der Waals surface area contributed by atoms with Gasteiger partial charge in [-0.1, -0.05) is 38.1 Å². The molecule has 0 saturated carbocycles. The number of carbonyl (C=O) groups is 1. The second-order valence-corrected chi connectivity index (χ2v) is 8.25. The highest BCUT2D eigenvalue weighted by Crippen LogP contribution is 2.31. The van der Waals surface area contributed by atoms with Crippen molar-refractivity contribution in [3.05, 3.63) is 94.4 Å². The van der Waals surface area contributed by atoms with Gasteiger partial charge in [0.2, 0.25) is 11.2 Å². The molecule has 0 amide bonds. The van der Waals surface area contributed by atoms with Crippen LogP contribution in [0, 0.1) is 0 Å². The van der Waals surface area contributed by atoms with Gasteiger partial charge >= 0.3 is 5.97 Å². The van der Waals surface area contributed by atoms with E-state index in [1.165, 1.54) is 31.6 Å². The number of esters is 1. The molecule has 7 nitrogen and oxygen atoms in total. The third-order valence-corrected chi connectivity index (χ3v) is 5.51. The molecule has 0 atom stereocenters. The number of rotatable bonds is 8. The Morgan fingerprint density at radius 2 is 1.67 bits per heavy atom. The van der Waals surface area contributed by atoms with E-state index in [-0.39, 0.29) is 28.4 Å². The number of para-hydroxylation sites is 1. The highest BCUT2D eigenvalue weighted by Gasteiger charge is 2.14. The topological polar surface area (TPSA) is 84.2 Å². The standard InChI is InChI=1S/C29H26O7/c1-18(2)21-7-5-6-8-23(21)36-27-17-34-25-16-20(11-12-22(25)29(27)31)35-28(30)14-10-19-9-13-24(32-3)26(15-19)33-4/h5-18H,1-4H3. The molecular formula is C29H26O7. The number of hydrogen-bond donors (Lipinski definition) is 0. The summed E-state index contributed by atoms with van der Waals surface area (Å²) in [5.41, 5.74) is 1.68. The SMILES string of the molecule is COc1ccc(C=CC(=O)Oc2ccc3c(=O)c(Oc4ccccc4C(C)C)coc3c2)cc1OC. The summed E-state index contributed by atoms with van der Waals surface area (Å²) in [6, 6.07) is 17.4. The first-order valence-electron chi connectivity index (χ1n) is 11.3. The van der Waals surface area contributed by atoms with Crippen LogP contribution in [-0.2, 0) is 4.79 Å². The number of hydrogen-bond acceptors (Lipinski definition) is 7. The van der Waals surface area contributed by atoms with Gasteiger partial charge in [-0.3, -0.25) is 4.79 Å².